The van der Waals surface area contributed by atoms with Gasteiger partial charge >= 0.3 is 0 Å². The third-order valence-electron chi connectivity index (χ3n) is 4.28. The summed E-state index contributed by atoms with van der Waals surface area (Å²) in [7, 11) is 2.08. The second-order valence-corrected chi connectivity index (χ2v) is 6.26. The van der Waals surface area contributed by atoms with Gasteiger partial charge in [-0.25, -0.2) is 4.99 Å². The molecule has 1 fully saturated rings. The van der Waals surface area contributed by atoms with E-state index in [0.717, 1.165) is 43.3 Å². The van der Waals surface area contributed by atoms with Crippen molar-refractivity contribution in [3.8, 4) is 0 Å². The van der Waals surface area contributed by atoms with Crippen molar-refractivity contribution < 1.29 is 4.79 Å². The normalized spacial score (nSPS) is 15.0. The van der Waals surface area contributed by atoms with Crippen molar-refractivity contribution in [3.63, 3.8) is 0 Å². The number of nitrogens with zero attached hydrogens (tertiary/aromatic N) is 3. The fraction of sp³-hybridized carbons (Fsp3) is 0.579. The molecule has 1 aromatic carbocycles. The molecule has 0 bridgehead atoms. The van der Waals surface area contributed by atoms with E-state index in [1.165, 1.54) is 12.8 Å². The number of nitrogens with one attached hydrogen (secondary N) is 1. The Labute approximate surface area is 145 Å². The second kappa shape index (κ2) is 9.30. The highest BCUT2D eigenvalue weighted by atomic mass is 16.2. The summed E-state index contributed by atoms with van der Waals surface area (Å²) in [5.41, 5.74) is 2.15. The number of benzene rings is 1. The molecule has 132 valence electrons. The monoisotopic (exact) mass is 330 g/mol. The zero-order valence-corrected chi connectivity index (χ0v) is 15.2. The quantitative estimate of drug-likeness (QED) is 0.617. The fourth-order valence-electron chi connectivity index (χ4n) is 2.84. The third kappa shape index (κ3) is 4.98. The summed E-state index contributed by atoms with van der Waals surface area (Å²) >= 11 is 0. The minimum Gasteiger partial charge on any atom is -0.357 e. The van der Waals surface area contributed by atoms with Crippen LogP contribution in [-0.4, -0.2) is 43.4 Å². The SMILES string of the molecule is CCCCN(C)C(=NCc1ccc(N2CCCC2=O)cc1)NCC. The molecule has 1 aromatic rings. The fourth-order valence-corrected chi connectivity index (χ4v) is 2.84. The van der Waals surface area contributed by atoms with Crippen molar-refractivity contribution in [2.45, 2.75) is 46.1 Å². The Hall–Kier alpha value is -2.04. The molecular formula is C19H30N4O. The van der Waals surface area contributed by atoms with Crippen LogP contribution >= 0.6 is 0 Å². The Morgan fingerprint density at radius 3 is 2.62 bits per heavy atom. The molecule has 0 unspecified atom stereocenters. The molecule has 5 nitrogen and oxygen atoms in total. The lowest BCUT2D eigenvalue weighted by molar-refractivity contribution is -0.117. The maximum Gasteiger partial charge on any atom is 0.227 e. The molecule has 1 aliphatic heterocycles. The molecule has 0 atom stereocenters. The Balaban J connectivity index is 1.98. The first-order valence-electron chi connectivity index (χ1n) is 9.04. The van der Waals surface area contributed by atoms with Crippen LogP contribution in [0.25, 0.3) is 0 Å². The highest BCUT2D eigenvalue weighted by Gasteiger charge is 2.21. The van der Waals surface area contributed by atoms with Gasteiger partial charge in [0, 0.05) is 38.8 Å². The van der Waals surface area contributed by atoms with E-state index in [4.69, 9.17) is 4.99 Å². The Bertz CT molecular complexity index is 553. The van der Waals surface area contributed by atoms with Gasteiger partial charge in [0.25, 0.3) is 0 Å². The summed E-state index contributed by atoms with van der Waals surface area (Å²) in [4.78, 5) is 20.6. The largest absolute Gasteiger partial charge is 0.357 e. The summed E-state index contributed by atoms with van der Waals surface area (Å²) in [6.07, 6.45) is 3.98. The van der Waals surface area contributed by atoms with Gasteiger partial charge in [-0.15, -0.1) is 0 Å². The predicted molar refractivity (Wildman–Crippen MR) is 100 cm³/mol. The Kier molecular flexibility index (Phi) is 7.09. The van der Waals surface area contributed by atoms with Crippen LogP contribution in [0, 0.1) is 0 Å². The summed E-state index contributed by atoms with van der Waals surface area (Å²) in [6.45, 7) is 7.65. The van der Waals surface area contributed by atoms with E-state index in [9.17, 15) is 4.79 Å². The number of hydrogen-bond acceptors (Lipinski definition) is 2. The average molecular weight is 330 g/mol. The maximum absolute atomic E-state index is 11.8. The van der Waals surface area contributed by atoms with Crippen LogP contribution in [0.1, 0.15) is 45.1 Å². The number of carbonyl (C=O) groups is 1. The maximum atomic E-state index is 11.8. The average Bonchev–Trinajstić information content (AvgIpc) is 3.03. The molecule has 1 saturated heterocycles. The molecule has 0 radical (unpaired) electrons. The lowest BCUT2D eigenvalue weighted by Gasteiger charge is -2.21. The predicted octanol–water partition coefficient (Wildman–Crippen LogP) is 3.01. The number of hydrogen-bond donors (Lipinski definition) is 1. The molecule has 0 aromatic heterocycles. The van der Waals surface area contributed by atoms with Crippen molar-refractivity contribution in [1.82, 2.24) is 10.2 Å². The van der Waals surface area contributed by atoms with Gasteiger partial charge in [0.15, 0.2) is 5.96 Å². The smallest absolute Gasteiger partial charge is 0.227 e. The molecule has 0 saturated carbocycles. The summed E-state index contributed by atoms with van der Waals surface area (Å²) < 4.78 is 0. The first kappa shape index (κ1) is 18.3. The molecule has 2 rings (SSSR count). The first-order valence-corrected chi connectivity index (χ1v) is 9.04. The van der Waals surface area contributed by atoms with Gasteiger partial charge in [-0.05, 0) is 37.5 Å². The number of carbonyl (C=O) groups excluding carboxylic acids is 1. The van der Waals surface area contributed by atoms with Crippen LogP contribution in [0.4, 0.5) is 5.69 Å². The van der Waals surface area contributed by atoms with Crippen molar-refractivity contribution >= 4 is 17.6 Å². The molecule has 0 aliphatic carbocycles. The second-order valence-electron chi connectivity index (χ2n) is 6.26. The van der Waals surface area contributed by atoms with Gasteiger partial charge in [-0.1, -0.05) is 25.5 Å². The topological polar surface area (TPSA) is 47.9 Å². The van der Waals surface area contributed by atoms with Crippen molar-refractivity contribution in [3.05, 3.63) is 29.8 Å². The van der Waals surface area contributed by atoms with Crippen LogP contribution in [-0.2, 0) is 11.3 Å². The third-order valence-corrected chi connectivity index (χ3v) is 4.28. The van der Waals surface area contributed by atoms with Crippen LogP contribution < -0.4 is 10.2 Å². The van der Waals surface area contributed by atoms with Gasteiger partial charge < -0.3 is 15.1 Å². The van der Waals surface area contributed by atoms with E-state index in [2.05, 4.69) is 43.2 Å². The molecular weight excluding hydrogens is 300 g/mol. The number of anilines is 1. The zero-order valence-electron chi connectivity index (χ0n) is 15.2. The summed E-state index contributed by atoms with van der Waals surface area (Å²) in [5, 5.41) is 3.35. The standard InChI is InChI=1S/C19H30N4O/c1-4-6-13-22(3)19(20-5-2)21-15-16-9-11-17(12-10-16)23-14-7-8-18(23)24/h9-12H,4-8,13-15H2,1-3H3,(H,20,21). The Morgan fingerprint density at radius 2 is 2.04 bits per heavy atom. The van der Waals surface area contributed by atoms with E-state index < -0.39 is 0 Å². The lowest BCUT2D eigenvalue weighted by atomic mass is 10.2. The lowest BCUT2D eigenvalue weighted by Crippen LogP contribution is -2.39. The van der Waals surface area contributed by atoms with Crippen molar-refractivity contribution in [1.29, 1.82) is 0 Å². The van der Waals surface area contributed by atoms with Gasteiger partial charge in [-0.3, -0.25) is 4.79 Å². The molecule has 1 N–H and O–H groups in total. The Morgan fingerprint density at radius 1 is 1.29 bits per heavy atom. The number of aliphatic imine (C=N–C) groups is 1. The number of amides is 1. The number of rotatable bonds is 7. The zero-order chi connectivity index (χ0) is 17.4. The molecule has 1 heterocycles. The van der Waals surface area contributed by atoms with Crippen LogP contribution in [0.5, 0.6) is 0 Å². The van der Waals surface area contributed by atoms with Gasteiger partial charge in [0.05, 0.1) is 6.54 Å². The number of guanidine groups is 1. The van der Waals surface area contributed by atoms with E-state index in [1.54, 1.807) is 0 Å². The molecule has 5 heteroatoms. The summed E-state index contributed by atoms with van der Waals surface area (Å²) in [6, 6.07) is 8.20. The highest BCUT2D eigenvalue weighted by Crippen LogP contribution is 2.21. The van der Waals surface area contributed by atoms with E-state index in [-0.39, 0.29) is 5.91 Å². The first-order chi connectivity index (χ1) is 11.7. The van der Waals surface area contributed by atoms with Gasteiger partial charge in [0.2, 0.25) is 5.91 Å². The van der Waals surface area contributed by atoms with Gasteiger partial charge in [0.1, 0.15) is 0 Å². The van der Waals surface area contributed by atoms with Crippen LogP contribution in [0.3, 0.4) is 0 Å². The van der Waals surface area contributed by atoms with E-state index in [1.807, 2.05) is 17.0 Å². The van der Waals surface area contributed by atoms with Crippen molar-refractivity contribution in [2.24, 2.45) is 4.99 Å². The molecule has 1 amide bonds. The molecule has 0 spiro atoms. The minimum atomic E-state index is 0.229. The highest BCUT2D eigenvalue weighted by molar-refractivity contribution is 5.95. The molecule has 1 aliphatic rings. The number of unbranched alkanes of at least 4 members (excludes halogenated alkanes) is 1. The van der Waals surface area contributed by atoms with Gasteiger partial charge in [-0.2, -0.15) is 0 Å². The van der Waals surface area contributed by atoms with E-state index >= 15 is 0 Å². The minimum absolute atomic E-state index is 0.229. The molecule has 24 heavy (non-hydrogen) atoms. The van der Waals surface area contributed by atoms with E-state index in [0.29, 0.717) is 13.0 Å². The van der Waals surface area contributed by atoms with Crippen molar-refractivity contribution in [2.75, 3.05) is 31.6 Å². The summed E-state index contributed by atoms with van der Waals surface area (Å²) in [5.74, 6) is 1.18. The van der Waals surface area contributed by atoms with Crippen LogP contribution in [0.2, 0.25) is 0 Å². The van der Waals surface area contributed by atoms with Crippen LogP contribution in [0.15, 0.2) is 29.3 Å².